The van der Waals surface area contributed by atoms with E-state index < -0.39 is 0 Å². The molecule has 0 bridgehead atoms. The second-order valence-corrected chi connectivity index (χ2v) is 6.80. The summed E-state index contributed by atoms with van der Waals surface area (Å²) in [6.45, 7) is 3.67. The molecule has 3 heterocycles. The molecular formula is C21H20N2O2. The predicted octanol–water partition coefficient (Wildman–Crippen LogP) is 4.62. The number of ether oxygens (including phenoxy) is 2. The number of para-hydroxylation sites is 1. The third kappa shape index (κ3) is 2.40. The lowest BCUT2D eigenvalue weighted by molar-refractivity contribution is 0.174. The molecule has 0 saturated carbocycles. The van der Waals surface area contributed by atoms with Gasteiger partial charge in [-0.05, 0) is 50.1 Å². The van der Waals surface area contributed by atoms with Gasteiger partial charge >= 0.3 is 0 Å². The van der Waals surface area contributed by atoms with Crippen LogP contribution in [0.5, 0.6) is 11.5 Å². The van der Waals surface area contributed by atoms with Crippen molar-refractivity contribution in [3.05, 3.63) is 48.5 Å². The molecule has 5 rings (SSSR count). The molecule has 2 aliphatic rings. The maximum atomic E-state index is 5.57. The Kier molecular flexibility index (Phi) is 3.30. The zero-order chi connectivity index (χ0) is 16.8. The minimum absolute atomic E-state index is 0.292. The molecule has 0 aliphatic carbocycles. The molecule has 0 radical (unpaired) electrons. The van der Waals surface area contributed by atoms with E-state index in [2.05, 4.69) is 42.2 Å². The zero-order valence-electron chi connectivity index (χ0n) is 14.2. The first kappa shape index (κ1) is 14.6. The van der Waals surface area contributed by atoms with Gasteiger partial charge in [-0.15, -0.1) is 0 Å². The lowest BCUT2D eigenvalue weighted by Gasteiger charge is -2.26. The van der Waals surface area contributed by atoms with Gasteiger partial charge in [0.15, 0.2) is 11.5 Å². The van der Waals surface area contributed by atoms with Crippen LogP contribution in [0.1, 0.15) is 19.8 Å². The van der Waals surface area contributed by atoms with Crippen molar-refractivity contribution in [2.75, 3.05) is 18.2 Å². The fraction of sp³-hybridized carbons (Fsp3) is 0.286. The number of hydrogen-bond acceptors (Lipinski definition) is 4. The standard InChI is InChI=1S/C21H20N2O2/c1-14-5-4-10-23(14)18-11-15-6-2-3-7-17(15)22-21(18)16-8-9-19-20(12-16)25-13-24-19/h2-3,6-9,11-12,14H,4-5,10,13H2,1H3. The van der Waals surface area contributed by atoms with Crippen LogP contribution in [0.4, 0.5) is 5.69 Å². The Morgan fingerprint density at radius 3 is 2.80 bits per heavy atom. The molecule has 1 unspecified atom stereocenters. The summed E-state index contributed by atoms with van der Waals surface area (Å²) in [5.74, 6) is 1.61. The van der Waals surface area contributed by atoms with Gasteiger partial charge in [0.05, 0.1) is 16.9 Å². The number of fused-ring (bicyclic) bond motifs is 2. The van der Waals surface area contributed by atoms with E-state index in [0.29, 0.717) is 12.8 Å². The lowest BCUT2D eigenvalue weighted by atomic mass is 10.1. The molecule has 1 aromatic heterocycles. The molecule has 1 fully saturated rings. The summed E-state index contributed by atoms with van der Waals surface area (Å²) in [6, 6.07) is 17.2. The molecule has 2 aliphatic heterocycles. The summed E-state index contributed by atoms with van der Waals surface area (Å²) in [5, 5.41) is 1.18. The van der Waals surface area contributed by atoms with Crippen LogP contribution in [0, 0.1) is 0 Å². The second kappa shape index (κ2) is 5.66. The number of hydrogen-bond donors (Lipinski definition) is 0. The van der Waals surface area contributed by atoms with Gasteiger partial charge in [-0.2, -0.15) is 0 Å². The summed E-state index contributed by atoms with van der Waals surface area (Å²) in [6.07, 6.45) is 2.46. The van der Waals surface area contributed by atoms with Gasteiger partial charge in [-0.1, -0.05) is 18.2 Å². The monoisotopic (exact) mass is 332 g/mol. The number of benzene rings is 2. The predicted molar refractivity (Wildman–Crippen MR) is 99.3 cm³/mol. The molecule has 1 atom stereocenters. The van der Waals surface area contributed by atoms with E-state index >= 15 is 0 Å². The molecule has 2 aromatic carbocycles. The number of nitrogens with zero attached hydrogens (tertiary/aromatic N) is 2. The smallest absolute Gasteiger partial charge is 0.231 e. The van der Waals surface area contributed by atoms with E-state index in [-0.39, 0.29) is 0 Å². The van der Waals surface area contributed by atoms with Crippen LogP contribution in [0.25, 0.3) is 22.2 Å². The van der Waals surface area contributed by atoms with Crippen LogP contribution >= 0.6 is 0 Å². The zero-order valence-corrected chi connectivity index (χ0v) is 14.2. The summed E-state index contributed by atoms with van der Waals surface area (Å²) >= 11 is 0. The molecule has 3 aromatic rings. The molecule has 0 spiro atoms. The van der Waals surface area contributed by atoms with Crippen LogP contribution in [0.3, 0.4) is 0 Å². The van der Waals surface area contributed by atoms with Gasteiger partial charge in [-0.3, -0.25) is 0 Å². The average Bonchev–Trinajstić information content (AvgIpc) is 3.28. The number of aromatic nitrogens is 1. The minimum atomic E-state index is 0.292. The second-order valence-electron chi connectivity index (χ2n) is 6.80. The van der Waals surface area contributed by atoms with Gasteiger partial charge in [0.1, 0.15) is 0 Å². The van der Waals surface area contributed by atoms with Crippen LogP contribution in [0.15, 0.2) is 48.5 Å². The maximum Gasteiger partial charge on any atom is 0.231 e. The van der Waals surface area contributed by atoms with Gasteiger partial charge in [-0.25, -0.2) is 4.98 Å². The first-order valence-corrected chi connectivity index (χ1v) is 8.86. The largest absolute Gasteiger partial charge is 0.454 e. The van der Waals surface area contributed by atoms with Crippen molar-refractivity contribution >= 4 is 16.6 Å². The van der Waals surface area contributed by atoms with E-state index in [0.717, 1.165) is 34.8 Å². The Bertz CT molecular complexity index is 954. The van der Waals surface area contributed by atoms with E-state index in [1.807, 2.05) is 18.2 Å². The quantitative estimate of drug-likeness (QED) is 0.686. The van der Waals surface area contributed by atoms with Crippen molar-refractivity contribution in [1.82, 2.24) is 4.98 Å². The fourth-order valence-corrected chi connectivity index (χ4v) is 3.87. The third-order valence-corrected chi connectivity index (χ3v) is 5.21. The summed E-state index contributed by atoms with van der Waals surface area (Å²) in [7, 11) is 0. The molecule has 25 heavy (non-hydrogen) atoms. The minimum Gasteiger partial charge on any atom is -0.454 e. The summed E-state index contributed by atoms with van der Waals surface area (Å²) in [4.78, 5) is 7.50. The molecule has 0 N–H and O–H groups in total. The number of anilines is 1. The molecule has 126 valence electrons. The van der Waals surface area contributed by atoms with Crippen molar-refractivity contribution in [1.29, 1.82) is 0 Å². The lowest BCUT2D eigenvalue weighted by Crippen LogP contribution is -2.27. The Labute approximate surface area is 147 Å². The Hall–Kier alpha value is -2.75. The highest BCUT2D eigenvalue weighted by atomic mass is 16.7. The Morgan fingerprint density at radius 1 is 1.04 bits per heavy atom. The molecule has 4 nitrogen and oxygen atoms in total. The van der Waals surface area contributed by atoms with Crippen LogP contribution in [-0.4, -0.2) is 24.4 Å². The SMILES string of the molecule is CC1CCCN1c1cc2ccccc2nc1-c1ccc2c(c1)OCO2. The summed E-state index contributed by atoms with van der Waals surface area (Å²) < 4.78 is 11.0. The normalized spacial score (nSPS) is 18.9. The van der Waals surface area contributed by atoms with Crippen LogP contribution in [-0.2, 0) is 0 Å². The van der Waals surface area contributed by atoms with Crippen molar-refractivity contribution in [2.45, 2.75) is 25.8 Å². The van der Waals surface area contributed by atoms with Crippen molar-refractivity contribution in [3.63, 3.8) is 0 Å². The Balaban J connectivity index is 1.72. The van der Waals surface area contributed by atoms with Crippen molar-refractivity contribution in [2.24, 2.45) is 0 Å². The first-order valence-electron chi connectivity index (χ1n) is 8.86. The van der Waals surface area contributed by atoms with E-state index in [1.165, 1.54) is 23.9 Å². The number of rotatable bonds is 2. The topological polar surface area (TPSA) is 34.6 Å². The molecule has 0 amide bonds. The highest BCUT2D eigenvalue weighted by molar-refractivity contribution is 5.90. The van der Waals surface area contributed by atoms with Crippen LogP contribution < -0.4 is 14.4 Å². The third-order valence-electron chi connectivity index (χ3n) is 5.21. The fourth-order valence-electron chi connectivity index (χ4n) is 3.87. The highest BCUT2D eigenvalue weighted by Crippen LogP contribution is 2.40. The highest BCUT2D eigenvalue weighted by Gasteiger charge is 2.25. The van der Waals surface area contributed by atoms with Crippen molar-refractivity contribution < 1.29 is 9.47 Å². The average molecular weight is 332 g/mol. The van der Waals surface area contributed by atoms with Gasteiger partial charge < -0.3 is 14.4 Å². The van der Waals surface area contributed by atoms with E-state index in [1.54, 1.807) is 0 Å². The van der Waals surface area contributed by atoms with Crippen molar-refractivity contribution in [3.8, 4) is 22.8 Å². The molecular weight excluding hydrogens is 312 g/mol. The number of pyridine rings is 1. The van der Waals surface area contributed by atoms with Crippen LogP contribution in [0.2, 0.25) is 0 Å². The van der Waals surface area contributed by atoms with Gasteiger partial charge in [0.2, 0.25) is 6.79 Å². The Morgan fingerprint density at radius 2 is 1.92 bits per heavy atom. The van der Waals surface area contributed by atoms with E-state index in [4.69, 9.17) is 14.5 Å². The molecule has 4 heteroatoms. The molecule has 1 saturated heterocycles. The van der Waals surface area contributed by atoms with Gasteiger partial charge in [0.25, 0.3) is 0 Å². The summed E-state index contributed by atoms with van der Waals surface area (Å²) in [5.41, 5.74) is 4.32. The maximum absolute atomic E-state index is 5.57. The van der Waals surface area contributed by atoms with Gasteiger partial charge in [0, 0.05) is 23.5 Å². The first-order chi connectivity index (χ1) is 12.3. The van der Waals surface area contributed by atoms with E-state index in [9.17, 15) is 0 Å².